The van der Waals surface area contributed by atoms with Crippen LogP contribution in [0.2, 0.25) is 0 Å². The van der Waals surface area contributed by atoms with Crippen molar-refractivity contribution in [2.45, 2.75) is 26.3 Å². The minimum atomic E-state index is -0.601. The van der Waals surface area contributed by atoms with E-state index in [4.69, 9.17) is 9.26 Å². The highest BCUT2D eigenvalue weighted by molar-refractivity contribution is 7.78. The van der Waals surface area contributed by atoms with Gasteiger partial charge in [0.1, 0.15) is 0 Å². The summed E-state index contributed by atoms with van der Waals surface area (Å²) >= 11 is 4.55. The van der Waals surface area contributed by atoms with Crippen molar-refractivity contribution in [1.29, 1.82) is 0 Å². The highest BCUT2D eigenvalue weighted by Gasteiger charge is 2.18. The zero-order chi connectivity index (χ0) is 14.8. The van der Waals surface area contributed by atoms with Gasteiger partial charge in [0.05, 0.1) is 16.2 Å². The molecule has 1 aromatic heterocycles. The number of carbonyl (C=O) groups excluding carboxylic acids is 1. The van der Waals surface area contributed by atoms with Gasteiger partial charge in [0.25, 0.3) is 5.88 Å². The van der Waals surface area contributed by atoms with Gasteiger partial charge in [-0.2, -0.15) is 4.99 Å². The molecule has 0 spiro atoms. The average molecular weight is 291 g/mol. The maximum atomic E-state index is 11.7. The number of benzene rings is 1. The SMILES string of the molecule is CC(C)(C)NC(=O)Oc1noc2ccc(N=C=S)cc12. The molecule has 0 bridgehead atoms. The molecule has 0 aliphatic heterocycles. The molecule has 2 rings (SSSR count). The number of nitrogens with one attached hydrogen (secondary N) is 1. The number of amides is 1. The van der Waals surface area contributed by atoms with E-state index < -0.39 is 11.6 Å². The van der Waals surface area contributed by atoms with E-state index >= 15 is 0 Å². The second-order valence-electron chi connectivity index (χ2n) is 5.14. The lowest BCUT2D eigenvalue weighted by molar-refractivity contribution is 0.187. The minimum absolute atomic E-state index is 0.0863. The van der Waals surface area contributed by atoms with Crippen LogP contribution in [-0.2, 0) is 0 Å². The smallest absolute Gasteiger partial charge is 0.387 e. The molecule has 1 N–H and O–H groups in total. The van der Waals surface area contributed by atoms with Gasteiger partial charge in [0, 0.05) is 5.54 Å². The number of nitrogens with zero attached hydrogens (tertiary/aromatic N) is 2. The third-order valence-electron chi connectivity index (χ3n) is 2.26. The number of thiocarbonyl (C=S) groups is 1. The van der Waals surface area contributed by atoms with Crippen LogP contribution in [0.25, 0.3) is 11.0 Å². The zero-order valence-electron chi connectivity index (χ0n) is 11.3. The molecule has 0 unspecified atom stereocenters. The summed E-state index contributed by atoms with van der Waals surface area (Å²) in [4.78, 5) is 15.6. The molecule has 104 valence electrons. The van der Waals surface area contributed by atoms with Crippen LogP contribution < -0.4 is 10.1 Å². The van der Waals surface area contributed by atoms with Gasteiger partial charge in [-0.25, -0.2) is 4.79 Å². The number of hydrogen-bond acceptors (Lipinski definition) is 6. The molecule has 0 aliphatic carbocycles. The van der Waals surface area contributed by atoms with Crippen LogP contribution in [-0.4, -0.2) is 22.0 Å². The molecule has 0 fully saturated rings. The summed E-state index contributed by atoms with van der Waals surface area (Å²) in [5.41, 5.74) is 0.673. The summed E-state index contributed by atoms with van der Waals surface area (Å²) in [5.74, 6) is 0.0863. The fourth-order valence-electron chi connectivity index (χ4n) is 1.52. The first kappa shape index (κ1) is 14.2. The predicted octanol–water partition coefficient (Wildman–Crippen LogP) is 3.45. The minimum Gasteiger partial charge on any atom is -0.387 e. The van der Waals surface area contributed by atoms with Crippen LogP contribution >= 0.6 is 12.2 Å². The normalized spacial score (nSPS) is 10.9. The summed E-state index contributed by atoms with van der Waals surface area (Å²) in [7, 11) is 0. The molecule has 1 amide bonds. The Balaban J connectivity index is 2.28. The molecule has 2 aromatic rings. The van der Waals surface area contributed by atoms with E-state index in [9.17, 15) is 4.79 Å². The number of carbonyl (C=O) groups is 1. The molecule has 0 saturated carbocycles. The number of isothiocyanates is 1. The van der Waals surface area contributed by atoms with Crippen molar-refractivity contribution >= 4 is 40.1 Å². The molecule has 6 nitrogen and oxygen atoms in total. The van der Waals surface area contributed by atoms with Crippen LogP contribution in [0.3, 0.4) is 0 Å². The molecule has 1 aromatic carbocycles. The predicted molar refractivity (Wildman–Crippen MR) is 77.6 cm³/mol. The van der Waals surface area contributed by atoms with E-state index in [1.165, 1.54) is 0 Å². The average Bonchev–Trinajstić information content (AvgIpc) is 2.70. The molecule has 0 radical (unpaired) electrons. The molecule has 0 saturated heterocycles. The lowest BCUT2D eigenvalue weighted by Gasteiger charge is -2.19. The largest absolute Gasteiger partial charge is 0.414 e. The Hall–Kier alpha value is -2.24. The Kier molecular flexibility index (Phi) is 3.83. The summed E-state index contributed by atoms with van der Waals surface area (Å²) in [5, 5.41) is 9.20. The Morgan fingerprint density at radius 2 is 2.25 bits per heavy atom. The first-order valence-corrected chi connectivity index (χ1v) is 6.27. The number of rotatable bonds is 2. The summed E-state index contributed by atoms with van der Waals surface area (Å²) in [6, 6.07) is 5.03. The first-order valence-electron chi connectivity index (χ1n) is 5.86. The molecular formula is C13H13N3O3S. The summed E-state index contributed by atoms with van der Waals surface area (Å²) in [6.07, 6.45) is -0.601. The van der Waals surface area contributed by atoms with Crippen molar-refractivity contribution in [3.63, 3.8) is 0 Å². The topological polar surface area (TPSA) is 76.7 Å². The van der Waals surface area contributed by atoms with Gasteiger partial charge in [-0.3, -0.25) is 0 Å². The van der Waals surface area contributed by atoms with E-state index in [2.05, 4.69) is 32.8 Å². The fourth-order valence-corrected chi connectivity index (χ4v) is 1.63. The van der Waals surface area contributed by atoms with E-state index in [0.717, 1.165) is 0 Å². The van der Waals surface area contributed by atoms with Crippen molar-refractivity contribution in [1.82, 2.24) is 10.5 Å². The third-order valence-corrected chi connectivity index (χ3v) is 2.35. The lowest BCUT2D eigenvalue weighted by atomic mass is 10.1. The Labute approximate surface area is 120 Å². The number of fused-ring (bicyclic) bond motifs is 1. The van der Waals surface area contributed by atoms with Gasteiger partial charge in [-0.05, 0) is 56.3 Å². The quantitative estimate of drug-likeness (QED) is 0.677. The second-order valence-corrected chi connectivity index (χ2v) is 5.32. The van der Waals surface area contributed by atoms with Crippen LogP contribution in [0.4, 0.5) is 10.5 Å². The molecule has 0 atom stereocenters. The van der Waals surface area contributed by atoms with Crippen LogP contribution in [0, 0.1) is 0 Å². The maximum absolute atomic E-state index is 11.7. The fraction of sp³-hybridized carbons (Fsp3) is 0.308. The number of aliphatic imine (C=N–C) groups is 1. The van der Waals surface area contributed by atoms with E-state index in [0.29, 0.717) is 16.7 Å². The number of hydrogen-bond donors (Lipinski definition) is 1. The van der Waals surface area contributed by atoms with Crippen LogP contribution in [0.15, 0.2) is 27.7 Å². The molecule has 7 heteroatoms. The van der Waals surface area contributed by atoms with Crippen molar-refractivity contribution in [3.8, 4) is 5.88 Å². The van der Waals surface area contributed by atoms with Crippen LogP contribution in [0.1, 0.15) is 20.8 Å². The molecule has 1 heterocycles. The van der Waals surface area contributed by atoms with Crippen LogP contribution in [0.5, 0.6) is 5.88 Å². The molecule has 0 aliphatic rings. The summed E-state index contributed by atoms with van der Waals surface area (Å²) in [6.45, 7) is 5.55. The number of ether oxygens (including phenoxy) is 1. The van der Waals surface area contributed by atoms with Crippen molar-refractivity contribution in [2.75, 3.05) is 0 Å². The van der Waals surface area contributed by atoms with Gasteiger partial charge in [0.15, 0.2) is 5.58 Å². The zero-order valence-corrected chi connectivity index (χ0v) is 12.1. The third kappa shape index (κ3) is 3.40. The highest BCUT2D eigenvalue weighted by atomic mass is 32.1. The maximum Gasteiger partial charge on any atom is 0.414 e. The van der Waals surface area contributed by atoms with Crippen molar-refractivity contribution in [3.05, 3.63) is 18.2 Å². The Morgan fingerprint density at radius 3 is 2.90 bits per heavy atom. The first-order chi connectivity index (χ1) is 9.39. The van der Waals surface area contributed by atoms with Crippen molar-refractivity contribution in [2.24, 2.45) is 4.99 Å². The van der Waals surface area contributed by atoms with E-state index in [1.54, 1.807) is 18.2 Å². The Morgan fingerprint density at radius 1 is 1.50 bits per heavy atom. The van der Waals surface area contributed by atoms with Gasteiger partial charge >= 0.3 is 6.09 Å². The van der Waals surface area contributed by atoms with Crippen molar-refractivity contribution < 1.29 is 14.1 Å². The van der Waals surface area contributed by atoms with Gasteiger partial charge in [-0.1, -0.05) is 0 Å². The second kappa shape index (κ2) is 5.40. The van der Waals surface area contributed by atoms with Gasteiger partial charge in [0.2, 0.25) is 0 Å². The van der Waals surface area contributed by atoms with E-state index in [-0.39, 0.29) is 5.88 Å². The summed E-state index contributed by atoms with van der Waals surface area (Å²) < 4.78 is 10.2. The lowest BCUT2D eigenvalue weighted by Crippen LogP contribution is -2.42. The molecular weight excluding hydrogens is 278 g/mol. The van der Waals surface area contributed by atoms with Gasteiger partial charge < -0.3 is 14.6 Å². The Bertz CT molecular complexity index is 696. The monoisotopic (exact) mass is 291 g/mol. The van der Waals surface area contributed by atoms with Gasteiger partial charge in [-0.15, -0.1) is 0 Å². The standard InChI is InChI=1S/C13H13N3O3S/c1-13(2,3)15-12(17)18-11-9-6-8(14-7-20)4-5-10(9)19-16-11/h4-6H,1-3H3,(H,15,17). The molecule has 20 heavy (non-hydrogen) atoms. The van der Waals surface area contributed by atoms with E-state index in [1.807, 2.05) is 20.8 Å². The number of aromatic nitrogens is 1. The highest BCUT2D eigenvalue weighted by Crippen LogP contribution is 2.28.